The van der Waals surface area contributed by atoms with Crippen molar-refractivity contribution in [1.82, 2.24) is 9.78 Å². The molecule has 0 spiro atoms. The van der Waals surface area contributed by atoms with E-state index in [1.54, 1.807) is 0 Å². The lowest BCUT2D eigenvalue weighted by molar-refractivity contribution is 0.0691. The molecule has 1 fully saturated rings. The normalized spacial score (nSPS) is 17.5. The zero-order valence-corrected chi connectivity index (χ0v) is 8.77. The summed E-state index contributed by atoms with van der Waals surface area (Å²) in [5, 5.41) is 20.8. The van der Waals surface area contributed by atoms with Crippen molar-refractivity contribution in [2.45, 2.75) is 38.1 Å². The molecule has 1 heterocycles. The van der Waals surface area contributed by atoms with Crippen molar-refractivity contribution in [3.05, 3.63) is 15.9 Å². The van der Waals surface area contributed by atoms with Gasteiger partial charge in [0.05, 0.1) is 6.04 Å². The summed E-state index contributed by atoms with van der Waals surface area (Å²) in [6.07, 6.45) is 4.93. The van der Waals surface area contributed by atoms with Crippen molar-refractivity contribution in [3.63, 3.8) is 0 Å². The van der Waals surface area contributed by atoms with Crippen LogP contribution in [0.3, 0.4) is 0 Å². The van der Waals surface area contributed by atoms with Gasteiger partial charge < -0.3 is 10.2 Å². The number of nitrogens with one attached hydrogen (secondary N) is 1. The van der Waals surface area contributed by atoms with E-state index < -0.39 is 23.0 Å². The number of carbonyl (C=O) groups is 1. The Balaban J connectivity index is 2.38. The fourth-order valence-electron chi connectivity index (χ4n) is 2.24. The van der Waals surface area contributed by atoms with Crippen LogP contribution in [-0.4, -0.2) is 26.0 Å². The summed E-state index contributed by atoms with van der Waals surface area (Å²) in [6, 6.07) is 0.00884. The van der Waals surface area contributed by atoms with Crippen LogP contribution in [0, 0.1) is 0 Å². The first kappa shape index (κ1) is 10.8. The molecular formula is C10H14N2O4. The molecule has 1 saturated carbocycles. The second kappa shape index (κ2) is 4.03. The Labute approximate surface area is 91.5 Å². The monoisotopic (exact) mass is 226 g/mol. The van der Waals surface area contributed by atoms with Crippen molar-refractivity contribution in [3.8, 4) is 5.88 Å². The van der Waals surface area contributed by atoms with E-state index in [0.717, 1.165) is 32.1 Å². The van der Waals surface area contributed by atoms with Crippen LogP contribution in [0.5, 0.6) is 5.88 Å². The number of H-pyrrole nitrogens is 1. The number of aromatic carboxylic acids is 1. The number of carboxylic acids is 1. The zero-order chi connectivity index (χ0) is 11.7. The first-order valence-corrected chi connectivity index (χ1v) is 5.38. The average Bonchev–Trinajstić information content (AvgIpc) is 2.55. The first-order chi connectivity index (χ1) is 7.61. The number of carboxylic acid groups (broad SMARTS) is 1. The van der Waals surface area contributed by atoms with Gasteiger partial charge >= 0.3 is 5.97 Å². The average molecular weight is 226 g/mol. The second-order valence-corrected chi connectivity index (χ2v) is 4.11. The third-order valence-electron chi connectivity index (χ3n) is 3.05. The van der Waals surface area contributed by atoms with E-state index in [-0.39, 0.29) is 6.04 Å². The lowest BCUT2D eigenvalue weighted by Crippen LogP contribution is -2.16. The fraction of sp³-hybridized carbons (Fsp3) is 0.600. The van der Waals surface area contributed by atoms with Crippen molar-refractivity contribution >= 4 is 5.97 Å². The van der Waals surface area contributed by atoms with Crippen LogP contribution in [0.25, 0.3) is 0 Å². The van der Waals surface area contributed by atoms with Gasteiger partial charge in [0.2, 0.25) is 5.88 Å². The Kier molecular flexibility index (Phi) is 2.72. The van der Waals surface area contributed by atoms with E-state index in [0.29, 0.717) is 0 Å². The van der Waals surface area contributed by atoms with Crippen LogP contribution in [0.15, 0.2) is 4.79 Å². The SMILES string of the molecule is O=C(O)c1c(O)n(C2CCCCC2)[nH]c1=O. The number of aromatic hydroxyl groups is 1. The smallest absolute Gasteiger partial charge is 0.346 e. The molecule has 1 aromatic rings. The minimum absolute atomic E-state index is 0.00884. The summed E-state index contributed by atoms with van der Waals surface area (Å²) in [7, 11) is 0. The standard InChI is InChI=1S/C10H14N2O4/c13-8-7(10(15)16)9(14)12(11-8)6-4-2-1-3-5-6/h6,14H,1-5H2,(H,11,13)(H,15,16). The van der Waals surface area contributed by atoms with Gasteiger partial charge in [-0.05, 0) is 12.8 Å². The van der Waals surface area contributed by atoms with E-state index in [9.17, 15) is 14.7 Å². The van der Waals surface area contributed by atoms with Crippen LogP contribution >= 0.6 is 0 Å². The molecule has 16 heavy (non-hydrogen) atoms. The van der Waals surface area contributed by atoms with Gasteiger partial charge in [-0.3, -0.25) is 14.6 Å². The van der Waals surface area contributed by atoms with E-state index >= 15 is 0 Å². The summed E-state index contributed by atoms with van der Waals surface area (Å²) in [6.45, 7) is 0. The lowest BCUT2D eigenvalue weighted by Gasteiger charge is -2.22. The molecule has 0 unspecified atom stereocenters. The molecule has 0 aromatic carbocycles. The largest absolute Gasteiger partial charge is 0.493 e. The molecule has 0 aliphatic heterocycles. The third-order valence-corrected chi connectivity index (χ3v) is 3.05. The Morgan fingerprint density at radius 2 is 1.94 bits per heavy atom. The molecule has 1 aliphatic rings. The summed E-state index contributed by atoms with van der Waals surface area (Å²) < 4.78 is 1.30. The van der Waals surface area contributed by atoms with Gasteiger partial charge in [-0.2, -0.15) is 0 Å². The predicted molar refractivity (Wildman–Crippen MR) is 55.8 cm³/mol. The van der Waals surface area contributed by atoms with Crippen molar-refractivity contribution in [1.29, 1.82) is 0 Å². The van der Waals surface area contributed by atoms with Crippen molar-refractivity contribution in [2.75, 3.05) is 0 Å². The van der Waals surface area contributed by atoms with Gasteiger partial charge in [-0.1, -0.05) is 19.3 Å². The Morgan fingerprint density at radius 3 is 2.44 bits per heavy atom. The van der Waals surface area contributed by atoms with E-state index in [1.807, 2.05) is 0 Å². The van der Waals surface area contributed by atoms with Gasteiger partial charge in [0.1, 0.15) is 0 Å². The molecule has 0 atom stereocenters. The van der Waals surface area contributed by atoms with Crippen LogP contribution < -0.4 is 5.56 Å². The molecule has 2 rings (SSSR count). The highest BCUT2D eigenvalue weighted by Gasteiger charge is 2.25. The summed E-state index contributed by atoms with van der Waals surface area (Å²) in [5.74, 6) is -1.85. The summed E-state index contributed by atoms with van der Waals surface area (Å²) >= 11 is 0. The molecule has 88 valence electrons. The number of hydrogen-bond acceptors (Lipinski definition) is 3. The van der Waals surface area contributed by atoms with E-state index in [2.05, 4.69) is 5.10 Å². The summed E-state index contributed by atoms with van der Waals surface area (Å²) in [4.78, 5) is 22.1. The van der Waals surface area contributed by atoms with Gasteiger partial charge in [0.15, 0.2) is 5.56 Å². The van der Waals surface area contributed by atoms with Gasteiger partial charge in [-0.15, -0.1) is 0 Å². The molecule has 0 saturated heterocycles. The summed E-state index contributed by atoms with van der Waals surface area (Å²) in [5.41, 5.74) is -1.30. The maximum Gasteiger partial charge on any atom is 0.346 e. The first-order valence-electron chi connectivity index (χ1n) is 5.38. The van der Waals surface area contributed by atoms with Crippen molar-refractivity contribution in [2.24, 2.45) is 0 Å². The van der Waals surface area contributed by atoms with Crippen LogP contribution in [0.2, 0.25) is 0 Å². The number of aromatic amines is 1. The molecule has 0 amide bonds. The third kappa shape index (κ3) is 1.70. The minimum atomic E-state index is -1.40. The highest BCUT2D eigenvalue weighted by atomic mass is 16.4. The molecule has 0 bridgehead atoms. The van der Waals surface area contributed by atoms with Crippen LogP contribution in [0.4, 0.5) is 0 Å². The molecule has 6 heteroatoms. The zero-order valence-electron chi connectivity index (χ0n) is 8.77. The van der Waals surface area contributed by atoms with E-state index in [4.69, 9.17) is 5.11 Å². The van der Waals surface area contributed by atoms with Gasteiger partial charge in [0, 0.05) is 0 Å². The number of nitrogens with zero attached hydrogens (tertiary/aromatic N) is 1. The number of rotatable bonds is 2. The molecule has 3 N–H and O–H groups in total. The molecule has 0 radical (unpaired) electrons. The Morgan fingerprint density at radius 1 is 1.31 bits per heavy atom. The fourth-order valence-corrected chi connectivity index (χ4v) is 2.24. The van der Waals surface area contributed by atoms with Crippen LogP contribution in [0.1, 0.15) is 48.5 Å². The quantitative estimate of drug-likeness (QED) is 0.703. The Hall–Kier alpha value is -1.72. The maximum atomic E-state index is 11.3. The number of aromatic nitrogens is 2. The van der Waals surface area contributed by atoms with Gasteiger partial charge in [-0.25, -0.2) is 4.79 Å². The minimum Gasteiger partial charge on any atom is -0.493 e. The van der Waals surface area contributed by atoms with Gasteiger partial charge in [0.25, 0.3) is 5.56 Å². The number of hydrogen-bond donors (Lipinski definition) is 3. The van der Waals surface area contributed by atoms with Crippen molar-refractivity contribution < 1.29 is 15.0 Å². The topological polar surface area (TPSA) is 95.3 Å². The molecule has 1 aliphatic carbocycles. The highest BCUT2D eigenvalue weighted by Crippen LogP contribution is 2.30. The second-order valence-electron chi connectivity index (χ2n) is 4.11. The van der Waals surface area contributed by atoms with E-state index in [1.165, 1.54) is 4.68 Å². The highest BCUT2D eigenvalue weighted by molar-refractivity contribution is 5.89. The maximum absolute atomic E-state index is 11.3. The van der Waals surface area contributed by atoms with Crippen LogP contribution in [-0.2, 0) is 0 Å². The molecular weight excluding hydrogens is 212 g/mol. The lowest BCUT2D eigenvalue weighted by atomic mass is 9.96. The Bertz CT molecular complexity index is 454. The predicted octanol–water partition coefficient (Wildman–Crippen LogP) is 1.09. The molecule has 6 nitrogen and oxygen atoms in total. The molecule has 1 aromatic heterocycles.